The van der Waals surface area contributed by atoms with Crippen LogP contribution < -0.4 is 5.32 Å². The van der Waals surface area contributed by atoms with Gasteiger partial charge >= 0.3 is 0 Å². The summed E-state index contributed by atoms with van der Waals surface area (Å²) >= 11 is 0. The number of imide groups is 1. The molecule has 0 aromatic rings. The van der Waals surface area contributed by atoms with E-state index in [4.69, 9.17) is 0 Å². The average molecular weight is 214 g/mol. The van der Waals surface area contributed by atoms with Crippen LogP contribution in [-0.2, 0) is 9.59 Å². The van der Waals surface area contributed by atoms with Gasteiger partial charge in [0, 0.05) is 13.1 Å². The van der Waals surface area contributed by atoms with Gasteiger partial charge in [-0.25, -0.2) is 0 Å². The molecule has 1 saturated heterocycles. The summed E-state index contributed by atoms with van der Waals surface area (Å²) in [6.07, 6.45) is 0.176. The minimum atomic E-state index is -0.912. The Morgan fingerprint density at radius 3 is 2.40 bits per heavy atom. The minimum Gasteiger partial charge on any atom is -0.389 e. The van der Waals surface area contributed by atoms with Crippen molar-refractivity contribution in [2.75, 3.05) is 7.05 Å². The van der Waals surface area contributed by atoms with Crippen molar-refractivity contribution in [3.05, 3.63) is 0 Å². The molecule has 86 valence electrons. The summed E-state index contributed by atoms with van der Waals surface area (Å²) < 4.78 is 0. The molecule has 0 aromatic heterocycles. The summed E-state index contributed by atoms with van der Waals surface area (Å²) in [5, 5.41) is 12.7. The second-order valence-electron chi connectivity index (χ2n) is 4.59. The Morgan fingerprint density at radius 1 is 1.53 bits per heavy atom. The zero-order valence-electron chi connectivity index (χ0n) is 9.57. The summed E-state index contributed by atoms with van der Waals surface area (Å²) in [5.41, 5.74) is -0.912. The van der Waals surface area contributed by atoms with E-state index in [9.17, 15) is 14.7 Å². The number of carbonyl (C=O) groups is 2. The van der Waals surface area contributed by atoms with Crippen LogP contribution in [-0.4, -0.2) is 46.6 Å². The van der Waals surface area contributed by atoms with Crippen LogP contribution in [0.25, 0.3) is 0 Å². The molecular formula is C10H18N2O3. The Hall–Kier alpha value is -0.940. The van der Waals surface area contributed by atoms with Gasteiger partial charge in [-0.1, -0.05) is 0 Å². The van der Waals surface area contributed by atoms with E-state index in [1.807, 2.05) is 0 Å². The summed E-state index contributed by atoms with van der Waals surface area (Å²) in [4.78, 5) is 23.9. The normalized spacial score (nSPS) is 24.9. The lowest BCUT2D eigenvalue weighted by molar-refractivity contribution is -0.137. The molecule has 0 saturated carbocycles. The maximum absolute atomic E-state index is 11.5. The second kappa shape index (κ2) is 3.90. The number of likely N-dealkylation sites (N-methyl/N-ethyl adjacent to an activating group) is 1. The van der Waals surface area contributed by atoms with Crippen LogP contribution in [0.2, 0.25) is 0 Å². The average Bonchev–Trinajstić information content (AvgIpc) is 2.32. The van der Waals surface area contributed by atoms with Gasteiger partial charge in [-0.15, -0.1) is 0 Å². The van der Waals surface area contributed by atoms with Crippen molar-refractivity contribution in [1.82, 2.24) is 10.2 Å². The fraction of sp³-hybridized carbons (Fsp3) is 0.800. The van der Waals surface area contributed by atoms with E-state index >= 15 is 0 Å². The maximum atomic E-state index is 11.5. The maximum Gasteiger partial charge on any atom is 0.246 e. The number of nitrogens with one attached hydrogen (secondary N) is 1. The predicted molar refractivity (Wildman–Crippen MR) is 55.1 cm³/mol. The topological polar surface area (TPSA) is 69.6 Å². The van der Waals surface area contributed by atoms with Crippen molar-refractivity contribution in [2.45, 2.75) is 44.9 Å². The molecule has 2 atom stereocenters. The van der Waals surface area contributed by atoms with Gasteiger partial charge in [-0.3, -0.25) is 14.5 Å². The Morgan fingerprint density at radius 2 is 2.07 bits per heavy atom. The van der Waals surface area contributed by atoms with Gasteiger partial charge in [0.25, 0.3) is 0 Å². The van der Waals surface area contributed by atoms with Crippen molar-refractivity contribution < 1.29 is 14.7 Å². The van der Waals surface area contributed by atoms with Gasteiger partial charge in [0.2, 0.25) is 11.8 Å². The van der Waals surface area contributed by atoms with E-state index in [2.05, 4.69) is 5.32 Å². The van der Waals surface area contributed by atoms with Crippen LogP contribution in [0.3, 0.4) is 0 Å². The number of carbonyl (C=O) groups excluding carboxylic acids is 2. The molecule has 0 bridgehead atoms. The van der Waals surface area contributed by atoms with Crippen LogP contribution in [0, 0.1) is 0 Å². The van der Waals surface area contributed by atoms with Crippen LogP contribution >= 0.6 is 0 Å². The first-order chi connectivity index (χ1) is 6.73. The third-order valence-electron chi connectivity index (χ3n) is 2.89. The first-order valence-electron chi connectivity index (χ1n) is 5.02. The first-order valence-corrected chi connectivity index (χ1v) is 5.02. The molecule has 1 heterocycles. The number of amides is 2. The van der Waals surface area contributed by atoms with Crippen LogP contribution in [0.1, 0.15) is 27.2 Å². The minimum absolute atomic E-state index is 0.176. The molecule has 1 aliphatic heterocycles. The molecule has 1 rings (SSSR count). The molecule has 15 heavy (non-hydrogen) atoms. The molecule has 0 aliphatic carbocycles. The third-order valence-corrected chi connectivity index (χ3v) is 2.89. The van der Waals surface area contributed by atoms with Crippen molar-refractivity contribution in [1.29, 1.82) is 0 Å². The zero-order chi connectivity index (χ0) is 11.8. The molecule has 1 fully saturated rings. The standard InChI is InChI=1S/C10H18N2O3/c1-6(10(2,3)15)11-7-5-8(13)12(4)9(7)14/h6-7,11,15H,5H2,1-4H3. The fourth-order valence-electron chi connectivity index (χ4n) is 1.39. The Kier molecular flexibility index (Phi) is 3.16. The lowest BCUT2D eigenvalue weighted by Gasteiger charge is -2.28. The van der Waals surface area contributed by atoms with Crippen molar-refractivity contribution in [3.63, 3.8) is 0 Å². The molecule has 2 amide bonds. The van der Waals surface area contributed by atoms with Crippen LogP contribution in [0.15, 0.2) is 0 Å². The first kappa shape index (κ1) is 12.1. The van der Waals surface area contributed by atoms with E-state index in [0.717, 1.165) is 4.90 Å². The van der Waals surface area contributed by atoms with E-state index in [1.54, 1.807) is 20.8 Å². The Bertz CT molecular complexity index is 283. The highest BCUT2D eigenvalue weighted by Crippen LogP contribution is 2.14. The quantitative estimate of drug-likeness (QED) is 0.621. The highest BCUT2D eigenvalue weighted by molar-refractivity contribution is 6.05. The number of aliphatic hydroxyl groups is 1. The summed E-state index contributed by atoms with van der Waals surface area (Å²) in [5.74, 6) is -0.406. The third kappa shape index (κ3) is 2.54. The van der Waals surface area contributed by atoms with E-state index in [1.165, 1.54) is 7.05 Å². The smallest absolute Gasteiger partial charge is 0.246 e. The molecule has 2 unspecified atom stereocenters. The van der Waals surface area contributed by atoms with E-state index in [-0.39, 0.29) is 24.3 Å². The zero-order valence-corrected chi connectivity index (χ0v) is 9.57. The number of rotatable bonds is 3. The molecular weight excluding hydrogens is 196 g/mol. The molecule has 2 N–H and O–H groups in total. The van der Waals surface area contributed by atoms with Gasteiger partial charge in [0.15, 0.2) is 0 Å². The summed E-state index contributed by atoms with van der Waals surface area (Å²) in [6, 6.07) is -0.741. The number of hydrogen-bond acceptors (Lipinski definition) is 4. The highest BCUT2D eigenvalue weighted by atomic mass is 16.3. The highest BCUT2D eigenvalue weighted by Gasteiger charge is 2.38. The molecule has 0 radical (unpaired) electrons. The predicted octanol–water partition coefficient (Wildman–Crippen LogP) is -0.507. The number of hydrogen-bond donors (Lipinski definition) is 2. The van der Waals surface area contributed by atoms with Crippen LogP contribution in [0.4, 0.5) is 0 Å². The molecule has 0 spiro atoms. The van der Waals surface area contributed by atoms with Crippen molar-refractivity contribution >= 4 is 11.8 Å². The van der Waals surface area contributed by atoms with Gasteiger partial charge in [0.1, 0.15) is 0 Å². The lowest BCUT2D eigenvalue weighted by Crippen LogP contribution is -2.51. The Labute approximate surface area is 89.4 Å². The SMILES string of the molecule is CC(NC1CC(=O)N(C)C1=O)C(C)(C)O. The molecule has 5 nitrogen and oxygen atoms in total. The monoisotopic (exact) mass is 214 g/mol. The molecule has 5 heteroatoms. The fourth-order valence-corrected chi connectivity index (χ4v) is 1.39. The van der Waals surface area contributed by atoms with Crippen molar-refractivity contribution in [3.8, 4) is 0 Å². The van der Waals surface area contributed by atoms with Gasteiger partial charge < -0.3 is 10.4 Å². The largest absolute Gasteiger partial charge is 0.389 e. The second-order valence-corrected chi connectivity index (χ2v) is 4.59. The Balaban J connectivity index is 2.62. The van der Waals surface area contributed by atoms with Gasteiger partial charge in [0.05, 0.1) is 18.1 Å². The number of likely N-dealkylation sites (tertiary alicyclic amines) is 1. The molecule has 1 aliphatic rings. The van der Waals surface area contributed by atoms with E-state index < -0.39 is 11.6 Å². The van der Waals surface area contributed by atoms with Crippen molar-refractivity contribution in [2.24, 2.45) is 0 Å². The van der Waals surface area contributed by atoms with Crippen LogP contribution in [0.5, 0.6) is 0 Å². The van der Waals surface area contributed by atoms with Gasteiger partial charge in [-0.2, -0.15) is 0 Å². The molecule has 0 aromatic carbocycles. The lowest BCUT2D eigenvalue weighted by atomic mass is 9.99. The summed E-state index contributed by atoms with van der Waals surface area (Å²) in [6.45, 7) is 5.11. The van der Waals surface area contributed by atoms with E-state index in [0.29, 0.717) is 0 Å². The number of nitrogens with zero attached hydrogens (tertiary/aromatic N) is 1. The summed E-state index contributed by atoms with van der Waals surface area (Å²) in [7, 11) is 1.47. The van der Waals surface area contributed by atoms with Gasteiger partial charge in [-0.05, 0) is 20.8 Å².